The van der Waals surface area contributed by atoms with Crippen LogP contribution in [0.2, 0.25) is 0 Å². The average molecular weight is 416 g/mol. The Balaban J connectivity index is 1.31. The normalized spacial score (nSPS) is 22.8. The third kappa shape index (κ3) is 4.87. The molecule has 1 N–H and O–H groups in total. The molecule has 2 saturated heterocycles. The van der Waals surface area contributed by atoms with Crippen molar-refractivity contribution in [1.29, 1.82) is 0 Å². The lowest BCUT2D eigenvalue weighted by atomic mass is 10.2. The first-order chi connectivity index (χ1) is 14.8. The van der Waals surface area contributed by atoms with Gasteiger partial charge >= 0.3 is 0 Å². The van der Waals surface area contributed by atoms with Crippen LogP contribution in [0.25, 0.3) is 0 Å². The highest BCUT2D eigenvalue weighted by atomic mass is 16.5. The molecule has 0 aromatic heterocycles. The lowest BCUT2D eigenvalue weighted by Gasteiger charge is -2.32. The van der Waals surface area contributed by atoms with Gasteiger partial charge in [0.2, 0.25) is 0 Å². The minimum absolute atomic E-state index is 0.0116. The summed E-state index contributed by atoms with van der Waals surface area (Å²) >= 11 is 0. The number of fused-ring (bicyclic) bond motifs is 1. The molecule has 1 amide bonds. The maximum absolute atomic E-state index is 12.3. The van der Waals surface area contributed by atoms with E-state index in [2.05, 4.69) is 22.0 Å². The first-order valence-electron chi connectivity index (χ1n) is 11.1. The molecule has 0 aliphatic carbocycles. The summed E-state index contributed by atoms with van der Waals surface area (Å²) in [6, 6.07) is 8.30. The van der Waals surface area contributed by atoms with E-state index in [1.165, 1.54) is 6.42 Å². The number of para-hydroxylation sites is 2. The summed E-state index contributed by atoms with van der Waals surface area (Å²) in [6.45, 7) is 10.2. The SMILES string of the molecule is CCNC(=NCCCN1C(=O)COc2ccccc21)N1CCC(N2CCOCC2)C1. The number of anilines is 1. The van der Waals surface area contributed by atoms with E-state index in [1.54, 1.807) is 0 Å². The summed E-state index contributed by atoms with van der Waals surface area (Å²) < 4.78 is 11.0. The summed E-state index contributed by atoms with van der Waals surface area (Å²) in [6.07, 6.45) is 1.99. The molecule has 1 aromatic carbocycles. The van der Waals surface area contributed by atoms with E-state index in [-0.39, 0.29) is 12.5 Å². The van der Waals surface area contributed by atoms with Gasteiger partial charge in [0, 0.05) is 51.9 Å². The molecular weight excluding hydrogens is 382 g/mol. The second-order valence-electron chi connectivity index (χ2n) is 7.93. The molecule has 0 bridgehead atoms. The molecule has 3 aliphatic heterocycles. The number of amides is 1. The molecule has 3 heterocycles. The quantitative estimate of drug-likeness (QED) is 0.427. The number of hydrogen-bond acceptors (Lipinski definition) is 5. The van der Waals surface area contributed by atoms with Gasteiger partial charge in [0.25, 0.3) is 5.91 Å². The van der Waals surface area contributed by atoms with E-state index in [4.69, 9.17) is 14.5 Å². The third-order valence-electron chi connectivity index (χ3n) is 5.97. The first-order valence-corrected chi connectivity index (χ1v) is 11.1. The van der Waals surface area contributed by atoms with E-state index in [0.717, 1.165) is 69.8 Å². The fourth-order valence-electron chi connectivity index (χ4n) is 4.41. The standard InChI is InChI=1S/C22H33N5O3/c1-2-23-22(26-11-8-18(16-26)25-12-14-29-15-13-25)24-9-5-10-27-19-6-3-4-7-20(19)30-17-21(27)28/h3-4,6-7,18H,2,5,8-17H2,1H3,(H,23,24). The molecule has 30 heavy (non-hydrogen) atoms. The molecule has 0 radical (unpaired) electrons. The second-order valence-corrected chi connectivity index (χ2v) is 7.93. The number of aliphatic imine (C=N–C) groups is 1. The zero-order valence-corrected chi connectivity index (χ0v) is 17.9. The number of nitrogens with one attached hydrogen (secondary N) is 1. The topological polar surface area (TPSA) is 69.6 Å². The van der Waals surface area contributed by atoms with Crippen LogP contribution in [-0.2, 0) is 9.53 Å². The van der Waals surface area contributed by atoms with Crippen LogP contribution in [-0.4, -0.2) is 93.3 Å². The Morgan fingerprint density at radius 2 is 2.07 bits per heavy atom. The Hall–Kier alpha value is -2.32. The zero-order chi connectivity index (χ0) is 20.8. The number of morpholine rings is 1. The van der Waals surface area contributed by atoms with Crippen molar-refractivity contribution in [3.05, 3.63) is 24.3 Å². The Labute approximate surface area is 178 Å². The monoisotopic (exact) mass is 415 g/mol. The van der Waals surface area contributed by atoms with Gasteiger partial charge in [-0.15, -0.1) is 0 Å². The van der Waals surface area contributed by atoms with Gasteiger partial charge in [-0.2, -0.15) is 0 Å². The van der Waals surface area contributed by atoms with Crippen LogP contribution in [0.5, 0.6) is 5.75 Å². The third-order valence-corrected chi connectivity index (χ3v) is 5.97. The van der Waals surface area contributed by atoms with Gasteiger partial charge in [0.05, 0.1) is 18.9 Å². The fourth-order valence-corrected chi connectivity index (χ4v) is 4.41. The van der Waals surface area contributed by atoms with Gasteiger partial charge in [0.15, 0.2) is 12.6 Å². The van der Waals surface area contributed by atoms with E-state index in [1.807, 2.05) is 29.2 Å². The van der Waals surface area contributed by atoms with Crippen molar-refractivity contribution in [3.8, 4) is 5.75 Å². The molecule has 0 spiro atoms. The maximum atomic E-state index is 12.3. The number of carbonyl (C=O) groups excluding carboxylic acids is 1. The zero-order valence-electron chi connectivity index (χ0n) is 17.9. The molecule has 1 aromatic rings. The van der Waals surface area contributed by atoms with Gasteiger partial charge in [-0.3, -0.25) is 14.7 Å². The lowest BCUT2D eigenvalue weighted by Crippen LogP contribution is -2.46. The predicted octanol–water partition coefficient (Wildman–Crippen LogP) is 1.17. The average Bonchev–Trinajstić information content (AvgIpc) is 3.28. The van der Waals surface area contributed by atoms with Crippen molar-refractivity contribution in [2.24, 2.45) is 4.99 Å². The molecule has 2 fully saturated rings. The van der Waals surface area contributed by atoms with Crippen molar-refractivity contribution < 1.29 is 14.3 Å². The smallest absolute Gasteiger partial charge is 0.265 e. The number of benzene rings is 1. The Bertz CT molecular complexity index is 750. The van der Waals surface area contributed by atoms with Crippen LogP contribution >= 0.6 is 0 Å². The second kappa shape index (κ2) is 10.1. The maximum Gasteiger partial charge on any atom is 0.265 e. The Morgan fingerprint density at radius 3 is 2.90 bits per heavy atom. The molecule has 164 valence electrons. The molecule has 8 heteroatoms. The summed E-state index contributed by atoms with van der Waals surface area (Å²) in [5.41, 5.74) is 0.859. The van der Waals surface area contributed by atoms with E-state index < -0.39 is 0 Å². The summed E-state index contributed by atoms with van der Waals surface area (Å²) in [4.78, 5) is 23.9. The van der Waals surface area contributed by atoms with Crippen LogP contribution in [0.3, 0.4) is 0 Å². The first kappa shape index (κ1) is 20.9. The van der Waals surface area contributed by atoms with Crippen molar-refractivity contribution in [1.82, 2.24) is 15.1 Å². The van der Waals surface area contributed by atoms with Crippen LogP contribution < -0.4 is 15.0 Å². The lowest BCUT2D eigenvalue weighted by molar-refractivity contribution is -0.121. The van der Waals surface area contributed by atoms with E-state index in [9.17, 15) is 4.79 Å². The van der Waals surface area contributed by atoms with Gasteiger partial charge < -0.3 is 24.6 Å². The van der Waals surface area contributed by atoms with Crippen molar-refractivity contribution >= 4 is 17.6 Å². The van der Waals surface area contributed by atoms with Crippen molar-refractivity contribution in [2.45, 2.75) is 25.8 Å². The summed E-state index contributed by atoms with van der Waals surface area (Å²) in [7, 11) is 0. The minimum atomic E-state index is 0.0116. The van der Waals surface area contributed by atoms with Crippen molar-refractivity contribution in [3.63, 3.8) is 0 Å². The Kier molecular flexibility index (Phi) is 7.07. The van der Waals surface area contributed by atoms with Crippen LogP contribution in [0.15, 0.2) is 29.3 Å². The highest BCUT2D eigenvalue weighted by molar-refractivity contribution is 5.97. The predicted molar refractivity (Wildman–Crippen MR) is 117 cm³/mol. The Morgan fingerprint density at radius 1 is 1.23 bits per heavy atom. The number of hydrogen-bond donors (Lipinski definition) is 1. The summed E-state index contributed by atoms with van der Waals surface area (Å²) in [5, 5.41) is 3.44. The molecule has 1 atom stereocenters. The minimum Gasteiger partial charge on any atom is -0.482 e. The molecule has 3 aliphatic rings. The molecule has 1 unspecified atom stereocenters. The largest absolute Gasteiger partial charge is 0.482 e. The van der Waals surface area contributed by atoms with Crippen molar-refractivity contribution in [2.75, 3.05) is 70.5 Å². The molecule has 0 saturated carbocycles. The highest BCUT2D eigenvalue weighted by Gasteiger charge is 2.30. The fraction of sp³-hybridized carbons (Fsp3) is 0.636. The van der Waals surface area contributed by atoms with Crippen LogP contribution in [0.1, 0.15) is 19.8 Å². The molecular formula is C22H33N5O3. The number of guanidine groups is 1. The molecule has 8 nitrogen and oxygen atoms in total. The van der Waals surface area contributed by atoms with E-state index in [0.29, 0.717) is 19.1 Å². The highest BCUT2D eigenvalue weighted by Crippen LogP contribution is 2.31. The van der Waals surface area contributed by atoms with E-state index >= 15 is 0 Å². The molecule has 4 rings (SSSR count). The number of rotatable bonds is 6. The number of nitrogens with zero attached hydrogens (tertiary/aromatic N) is 4. The number of carbonyl (C=O) groups is 1. The van der Waals surface area contributed by atoms with Gasteiger partial charge in [-0.25, -0.2) is 0 Å². The van der Waals surface area contributed by atoms with Gasteiger partial charge in [-0.05, 0) is 31.9 Å². The number of likely N-dealkylation sites (tertiary alicyclic amines) is 1. The summed E-state index contributed by atoms with van der Waals surface area (Å²) in [5.74, 6) is 1.78. The van der Waals surface area contributed by atoms with Crippen LogP contribution in [0.4, 0.5) is 5.69 Å². The number of ether oxygens (including phenoxy) is 2. The van der Waals surface area contributed by atoms with Crippen LogP contribution in [0, 0.1) is 0 Å². The van der Waals surface area contributed by atoms with Gasteiger partial charge in [0.1, 0.15) is 5.75 Å². The van der Waals surface area contributed by atoms with Gasteiger partial charge in [-0.1, -0.05) is 12.1 Å².